The number of ether oxygens (including phenoxy) is 1. The van der Waals surface area contributed by atoms with Crippen LogP contribution in [0.25, 0.3) is 0 Å². The van der Waals surface area contributed by atoms with Gasteiger partial charge in [0.1, 0.15) is 0 Å². The molecule has 0 bridgehead atoms. The van der Waals surface area contributed by atoms with E-state index >= 15 is 0 Å². The van der Waals surface area contributed by atoms with Crippen LogP contribution in [0.15, 0.2) is 24.3 Å². The molecule has 1 aromatic rings. The molecule has 2 rings (SSSR count). The summed E-state index contributed by atoms with van der Waals surface area (Å²) in [6.45, 7) is 1.42. The molecule has 0 amide bonds. The van der Waals surface area contributed by atoms with Gasteiger partial charge in [-0.1, -0.05) is 24.3 Å². The summed E-state index contributed by atoms with van der Waals surface area (Å²) >= 11 is 0. The van der Waals surface area contributed by atoms with Crippen molar-refractivity contribution in [1.82, 2.24) is 0 Å². The van der Waals surface area contributed by atoms with Crippen molar-refractivity contribution in [2.24, 2.45) is 5.73 Å². The molecule has 0 aromatic heterocycles. The summed E-state index contributed by atoms with van der Waals surface area (Å²) < 4.78 is 5.35. The summed E-state index contributed by atoms with van der Waals surface area (Å²) in [7, 11) is 1.76. The topological polar surface area (TPSA) is 35.2 Å². The van der Waals surface area contributed by atoms with Gasteiger partial charge in [-0.25, -0.2) is 0 Å². The standard InChI is InChI=1S/C13H19NO/c1-15-10-13(9-14)8-4-6-11-5-2-3-7-12(11)13/h2-3,5,7H,4,6,8-10,14H2,1H3. The molecule has 82 valence electrons. The Kier molecular flexibility index (Phi) is 3.08. The Labute approximate surface area is 91.4 Å². The number of hydrogen-bond acceptors (Lipinski definition) is 2. The molecule has 15 heavy (non-hydrogen) atoms. The van der Waals surface area contributed by atoms with Gasteiger partial charge >= 0.3 is 0 Å². The van der Waals surface area contributed by atoms with Gasteiger partial charge in [0.15, 0.2) is 0 Å². The molecule has 2 nitrogen and oxygen atoms in total. The first-order valence-corrected chi connectivity index (χ1v) is 5.60. The number of benzene rings is 1. The summed E-state index contributed by atoms with van der Waals surface area (Å²) in [5.41, 5.74) is 8.87. The van der Waals surface area contributed by atoms with Crippen molar-refractivity contribution in [1.29, 1.82) is 0 Å². The predicted molar refractivity (Wildman–Crippen MR) is 62.0 cm³/mol. The van der Waals surface area contributed by atoms with Crippen molar-refractivity contribution >= 4 is 0 Å². The maximum atomic E-state index is 5.96. The van der Waals surface area contributed by atoms with Crippen LogP contribution in [-0.4, -0.2) is 20.3 Å². The van der Waals surface area contributed by atoms with Crippen LogP contribution < -0.4 is 5.73 Å². The third kappa shape index (κ3) is 1.80. The first-order valence-electron chi connectivity index (χ1n) is 5.60. The van der Waals surface area contributed by atoms with Crippen LogP contribution in [0.3, 0.4) is 0 Å². The summed E-state index contributed by atoms with van der Waals surface area (Å²) in [5, 5.41) is 0. The van der Waals surface area contributed by atoms with Crippen LogP contribution >= 0.6 is 0 Å². The first kappa shape index (κ1) is 10.7. The molecule has 1 atom stereocenters. The number of hydrogen-bond donors (Lipinski definition) is 1. The average molecular weight is 205 g/mol. The second-order valence-electron chi connectivity index (χ2n) is 4.43. The van der Waals surface area contributed by atoms with Gasteiger partial charge in [-0.05, 0) is 30.4 Å². The highest BCUT2D eigenvalue weighted by molar-refractivity contribution is 5.37. The average Bonchev–Trinajstić information content (AvgIpc) is 2.30. The van der Waals surface area contributed by atoms with Gasteiger partial charge in [-0.2, -0.15) is 0 Å². The van der Waals surface area contributed by atoms with E-state index < -0.39 is 0 Å². The van der Waals surface area contributed by atoms with Gasteiger partial charge < -0.3 is 10.5 Å². The van der Waals surface area contributed by atoms with Crippen LogP contribution in [0.5, 0.6) is 0 Å². The van der Waals surface area contributed by atoms with Crippen molar-refractivity contribution in [2.45, 2.75) is 24.7 Å². The molecule has 1 aliphatic carbocycles. The Morgan fingerprint density at radius 3 is 2.93 bits per heavy atom. The lowest BCUT2D eigenvalue weighted by Crippen LogP contribution is -2.42. The lowest BCUT2D eigenvalue weighted by molar-refractivity contribution is 0.121. The highest BCUT2D eigenvalue weighted by atomic mass is 16.5. The number of rotatable bonds is 3. The highest BCUT2D eigenvalue weighted by Crippen LogP contribution is 2.36. The molecule has 2 heteroatoms. The lowest BCUT2D eigenvalue weighted by Gasteiger charge is -2.37. The van der Waals surface area contributed by atoms with Gasteiger partial charge in [0.2, 0.25) is 0 Å². The van der Waals surface area contributed by atoms with E-state index in [1.165, 1.54) is 24.0 Å². The quantitative estimate of drug-likeness (QED) is 0.817. The molecule has 1 aromatic carbocycles. The molecule has 0 spiro atoms. The lowest BCUT2D eigenvalue weighted by atomic mass is 9.70. The Morgan fingerprint density at radius 2 is 2.20 bits per heavy atom. The van der Waals surface area contributed by atoms with Crippen molar-refractivity contribution < 1.29 is 4.74 Å². The highest BCUT2D eigenvalue weighted by Gasteiger charge is 2.34. The van der Waals surface area contributed by atoms with E-state index in [4.69, 9.17) is 10.5 Å². The molecule has 1 unspecified atom stereocenters. The Balaban J connectivity index is 2.42. The first-order chi connectivity index (χ1) is 7.32. The molecule has 0 saturated heterocycles. The van der Waals surface area contributed by atoms with Gasteiger partial charge in [0.05, 0.1) is 6.61 Å². The van der Waals surface area contributed by atoms with E-state index in [9.17, 15) is 0 Å². The van der Waals surface area contributed by atoms with Gasteiger partial charge in [-0.3, -0.25) is 0 Å². The van der Waals surface area contributed by atoms with Crippen LogP contribution in [-0.2, 0) is 16.6 Å². The van der Waals surface area contributed by atoms with Crippen molar-refractivity contribution in [3.63, 3.8) is 0 Å². The zero-order valence-electron chi connectivity index (χ0n) is 9.33. The molecular formula is C13H19NO. The van der Waals surface area contributed by atoms with Crippen LogP contribution in [0, 0.1) is 0 Å². The molecule has 0 aliphatic heterocycles. The van der Waals surface area contributed by atoms with E-state index in [-0.39, 0.29) is 5.41 Å². The van der Waals surface area contributed by atoms with E-state index in [1.54, 1.807) is 7.11 Å². The van der Waals surface area contributed by atoms with Crippen LogP contribution in [0.2, 0.25) is 0 Å². The van der Waals surface area contributed by atoms with Crippen LogP contribution in [0.1, 0.15) is 24.0 Å². The molecule has 0 saturated carbocycles. The fraction of sp³-hybridized carbons (Fsp3) is 0.538. The maximum Gasteiger partial charge on any atom is 0.0571 e. The number of fused-ring (bicyclic) bond motifs is 1. The third-order valence-corrected chi connectivity index (χ3v) is 3.50. The zero-order valence-corrected chi connectivity index (χ0v) is 9.33. The number of nitrogens with two attached hydrogens (primary N) is 1. The smallest absolute Gasteiger partial charge is 0.0571 e. The van der Waals surface area contributed by atoms with Crippen molar-refractivity contribution in [3.05, 3.63) is 35.4 Å². The fourth-order valence-corrected chi connectivity index (χ4v) is 2.70. The molecule has 2 N–H and O–H groups in total. The van der Waals surface area contributed by atoms with E-state index in [1.807, 2.05) is 0 Å². The minimum Gasteiger partial charge on any atom is -0.384 e. The van der Waals surface area contributed by atoms with E-state index in [0.29, 0.717) is 6.54 Å². The maximum absolute atomic E-state index is 5.96. The SMILES string of the molecule is COCC1(CN)CCCc2ccccc21. The Hall–Kier alpha value is -0.860. The summed E-state index contributed by atoms with van der Waals surface area (Å²) in [4.78, 5) is 0. The van der Waals surface area contributed by atoms with E-state index in [2.05, 4.69) is 24.3 Å². The number of aryl methyl sites for hydroxylation is 1. The van der Waals surface area contributed by atoms with Gasteiger partial charge in [-0.15, -0.1) is 0 Å². The van der Waals surface area contributed by atoms with Gasteiger partial charge in [0, 0.05) is 19.1 Å². The summed E-state index contributed by atoms with van der Waals surface area (Å²) in [5.74, 6) is 0. The largest absolute Gasteiger partial charge is 0.384 e. The second-order valence-corrected chi connectivity index (χ2v) is 4.43. The molecule has 1 aliphatic rings. The molecule has 0 radical (unpaired) electrons. The monoisotopic (exact) mass is 205 g/mol. The molecule has 0 fully saturated rings. The van der Waals surface area contributed by atoms with Crippen molar-refractivity contribution in [2.75, 3.05) is 20.3 Å². The second kappa shape index (κ2) is 4.33. The minimum atomic E-state index is 0.0591. The molecular weight excluding hydrogens is 186 g/mol. The Bertz CT molecular complexity index is 337. The summed E-state index contributed by atoms with van der Waals surface area (Å²) in [6, 6.07) is 8.64. The van der Waals surface area contributed by atoms with Gasteiger partial charge in [0.25, 0.3) is 0 Å². The zero-order chi connectivity index (χ0) is 10.7. The predicted octanol–water partition coefficient (Wildman–Crippen LogP) is 1.87. The van der Waals surface area contributed by atoms with Crippen molar-refractivity contribution in [3.8, 4) is 0 Å². The van der Waals surface area contributed by atoms with Crippen LogP contribution in [0.4, 0.5) is 0 Å². The Morgan fingerprint density at radius 1 is 1.40 bits per heavy atom. The van der Waals surface area contributed by atoms with E-state index in [0.717, 1.165) is 13.0 Å². The fourth-order valence-electron chi connectivity index (χ4n) is 2.70. The number of methoxy groups -OCH3 is 1. The minimum absolute atomic E-state index is 0.0591. The third-order valence-electron chi connectivity index (χ3n) is 3.50. The summed E-state index contributed by atoms with van der Waals surface area (Å²) in [6.07, 6.45) is 3.55. The normalized spacial score (nSPS) is 24.9. The molecule has 0 heterocycles.